The van der Waals surface area contributed by atoms with E-state index in [0.29, 0.717) is 12.8 Å². The minimum Gasteiger partial charge on any atom is -0.478 e. The van der Waals surface area contributed by atoms with Crippen molar-refractivity contribution in [1.82, 2.24) is 0 Å². The lowest BCUT2D eigenvalue weighted by Gasteiger charge is -1.94. The van der Waals surface area contributed by atoms with E-state index in [2.05, 4.69) is 17.9 Å². The lowest BCUT2D eigenvalue weighted by molar-refractivity contribution is -0.138. The summed E-state index contributed by atoms with van der Waals surface area (Å²) in [5.41, 5.74) is 0. The van der Waals surface area contributed by atoms with E-state index in [1.165, 1.54) is 0 Å². The molecule has 0 aliphatic heterocycles. The Hall–Kier alpha value is -1.78. The molecule has 0 aromatic heterocycles. The number of aliphatic carboxylic acids is 1. The number of carbonyl (C=O) groups is 2. The van der Waals surface area contributed by atoms with Gasteiger partial charge in [0.1, 0.15) is 6.61 Å². The molecule has 0 atom stereocenters. The molecule has 150 valence electrons. The summed E-state index contributed by atoms with van der Waals surface area (Å²) in [6.45, 7) is 9.83. The topological polar surface area (TPSA) is 165 Å². The molecule has 0 saturated carbocycles. The van der Waals surface area contributed by atoms with Crippen molar-refractivity contribution in [3.63, 3.8) is 0 Å². The van der Waals surface area contributed by atoms with Gasteiger partial charge in [0, 0.05) is 12.2 Å². The maximum absolute atomic E-state index is 10.1. The first-order chi connectivity index (χ1) is 11.6. The van der Waals surface area contributed by atoms with Crippen LogP contribution >= 0.6 is 0 Å². The highest BCUT2D eigenvalue weighted by molar-refractivity contribution is 5.81. The number of hydrogen-bond acceptors (Lipinski definition) is 8. The lowest BCUT2D eigenvalue weighted by atomic mass is 10.3. The van der Waals surface area contributed by atoms with Gasteiger partial charge in [-0.05, 0) is 12.8 Å². The molecule has 0 heterocycles. The SMILES string of the molecule is C=CC(=O)O.C=CC(=O)OCCO.CCCC(O)O.CCCC(O)O. The van der Waals surface area contributed by atoms with Crippen molar-refractivity contribution < 1.29 is 45.0 Å². The second-order valence-corrected chi connectivity index (χ2v) is 4.18. The zero-order valence-electron chi connectivity index (χ0n) is 14.9. The molecule has 0 rings (SSSR count). The van der Waals surface area contributed by atoms with Crippen LogP contribution in [0.4, 0.5) is 0 Å². The maximum atomic E-state index is 10.1. The third-order valence-corrected chi connectivity index (χ3v) is 1.77. The largest absolute Gasteiger partial charge is 0.478 e. The van der Waals surface area contributed by atoms with Crippen molar-refractivity contribution in [3.05, 3.63) is 25.3 Å². The summed E-state index contributed by atoms with van der Waals surface area (Å²) < 4.78 is 4.33. The number of carboxylic acids is 1. The van der Waals surface area contributed by atoms with E-state index in [4.69, 9.17) is 30.6 Å². The first kappa shape index (κ1) is 31.0. The molecular weight excluding hydrogens is 336 g/mol. The van der Waals surface area contributed by atoms with Gasteiger partial charge in [0.2, 0.25) is 0 Å². The highest BCUT2D eigenvalue weighted by atomic mass is 16.5. The van der Waals surface area contributed by atoms with E-state index in [-0.39, 0.29) is 13.2 Å². The summed E-state index contributed by atoms with van der Waals surface area (Å²) in [6.07, 6.45) is 2.32. The number of esters is 1. The number of carbonyl (C=O) groups excluding carboxylic acids is 1. The smallest absolute Gasteiger partial charge is 0.330 e. The molecule has 6 N–H and O–H groups in total. The molecule has 25 heavy (non-hydrogen) atoms. The van der Waals surface area contributed by atoms with Crippen molar-refractivity contribution in [3.8, 4) is 0 Å². The Labute approximate surface area is 148 Å². The van der Waals surface area contributed by atoms with Crippen LogP contribution in [0, 0.1) is 0 Å². The average molecular weight is 368 g/mol. The quantitative estimate of drug-likeness (QED) is 0.199. The molecule has 0 aromatic rings. The monoisotopic (exact) mass is 368 g/mol. The normalized spacial score (nSPS) is 8.68. The molecule has 0 aromatic carbocycles. The zero-order valence-corrected chi connectivity index (χ0v) is 14.9. The van der Waals surface area contributed by atoms with Gasteiger partial charge in [-0.25, -0.2) is 9.59 Å². The predicted octanol–water partition coefficient (Wildman–Crippen LogP) is 0.159. The van der Waals surface area contributed by atoms with E-state index in [9.17, 15) is 9.59 Å². The van der Waals surface area contributed by atoms with Gasteiger partial charge < -0.3 is 35.4 Å². The molecule has 0 radical (unpaired) electrons. The molecule has 9 nitrogen and oxygen atoms in total. The summed E-state index contributed by atoms with van der Waals surface area (Å²) >= 11 is 0. The minimum atomic E-state index is -1.10. The van der Waals surface area contributed by atoms with Gasteiger partial charge in [-0.3, -0.25) is 0 Å². The summed E-state index contributed by atoms with van der Waals surface area (Å²) in [5, 5.41) is 48.1. The van der Waals surface area contributed by atoms with Crippen LogP contribution in [0.3, 0.4) is 0 Å². The Bertz CT molecular complexity index is 305. The fraction of sp³-hybridized carbons (Fsp3) is 0.625. The van der Waals surface area contributed by atoms with Crippen molar-refractivity contribution in [2.45, 2.75) is 52.1 Å². The first-order valence-corrected chi connectivity index (χ1v) is 7.60. The Morgan fingerprint density at radius 1 is 0.960 bits per heavy atom. The van der Waals surface area contributed by atoms with Crippen molar-refractivity contribution in [1.29, 1.82) is 0 Å². The highest BCUT2D eigenvalue weighted by Crippen LogP contribution is 1.88. The second kappa shape index (κ2) is 27.1. The molecule has 0 amide bonds. The van der Waals surface area contributed by atoms with Gasteiger partial charge in [0.05, 0.1) is 6.61 Å². The van der Waals surface area contributed by atoms with E-state index < -0.39 is 24.5 Å². The van der Waals surface area contributed by atoms with Gasteiger partial charge in [0.25, 0.3) is 0 Å². The van der Waals surface area contributed by atoms with E-state index in [1.807, 2.05) is 13.8 Å². The summed E-state index contributed by atoms with van der Waals surface area (Å²) in [6, 6.07) is 0. The van der Waals surface area contributed by atoms with Crippen molar-refractivity contribution in [2.75, 3.05) is 13.2 Å². The van der Waals surface area contributed by atoms with Crippen LogP contribution in [0.1, 0.15) is 39.5 Å². The molecule has 0 fully saturated rings. The Balaban J connectivity index is -0.000000119. The number of rotatable bonds is 8. The Kier molecular flexibility index (Phi) is 33.6. The number of ether oxygens (including phenoxy) is 1. The van der Waals surface area contributed by atoms with Gasteiger partial charge >= 0.3 is 11.9 Å². The van der Waals surface area contributed by atoms with E-state index >= 15 is 0 Å². The molecular formula is C16H32O9. The van der Waals surface area contributed by atoms with Crippen LogP contribution in [0.15, 0.2) is 25.3 Å². The number of aliphatic hydroxyl groups is 5. The summed E-state index contributed by atoms with van der Waals surface area (Å²) in [5.74, 6) is -1.48. The van der Waals surface area contributed by atoms with E-state index in [0.717, 1.165) is 25.0 Å². The van der Waals surface area contributed by atoms with Crippen LogP contribution in [-0.2, 0) is 14.3 Å². The van der Waals surface area contributed by atoms with Gasteiger partial charge in [-0.15, -0.1) is 0 Å². The predicted molar refractivity (Wildman–Crippen MR) is 92.3 cm³/mol. The van der Waals surface area contributed by atoms with Gasteiger partial charge in [-0.2, -0.15) is 0 Å². The van der Waals surface area contributed by atoms with Gasteiger partial charge in [-0.1, -0.05) is 39.8 Å². The third kappa shape index (κ3) is 60.8. The highest BCUT2D eigenvalue weighted by Gasteiger charge is 1.90. The molecule has 0 aliphatic rings. The molecule has 0 aliphatic carbocycles. The minimum absolute atomic E-state index is 0.0465. The number of aliphatic hydroxyl groups excluding tert-OH is 3. The first-order valence-electron chi connectivity index (χ1n) is 7.60. The molecule has 0 saturated heterocycles. The van der Waals surface area contributed by atoms with Crippen molar-refractivity contribution in [2.24, 2.45) is 0 Å². The lowest BCUT2D eigenvalue weighted by Crippen LogP contribution is -2.04. The van der Waals surface area contributed by atoms with E-state index in [1.54, 1.807) is 0 Å². The molecule has 0 unspecified atom stereocenters. The van der Waals surface area contributed by atoms with Crippen LogP contribution in [0.5, 0.6) is 0 Å². The van der Waals surface area contributed by atoms with Crippen LogP contribution in [0.25, 0.3) is 0 Å². The third-order valence-electron chi connectivity index (χ3n) is 1.77. The van der Waals surface area contributed by atoms with Crippen LogP contribution in [-0.4, -0.2) is 68.4 Å². The fourth-order valence-corrected chi connectivity index (χ4v) is 0.722. The Morgan fingerprint density at radius 2 is 1.32 bits per heavy atom. The zero-order chi connectivity index (χ0) is 20.7. The molecule has 9 heteroatoms. The van der Waals surface area contributed by atoms with Gasteiger partial charge in [0.15, 0.2) is 12.6 Å². The second-order valence-electron chi connectivity index (χ2n) is 4.18. The van der Waals surface area contributed by atoms with Crippen LogP contribution in [0.2, 0.25) is 0 Å². The summed E-state index contributed by atoms with van der Waals surface area (Å²) in [7, 11) is 0. The number of hydrogen-bond donors (Lipinski definition) is 6. The molecule has 0 bridgehead atoms. The average Bonchev–Trinajstić information content (AvgIpc) is 2.54. The maximum Gasteiger partial charge on any atom is 0.330 e. The summed E-state index contributed by atoms with van der Waals surface area (Å²) in [4.78, 5) is 19.4. The standard InChI is InChI=1S/C5H8O3.2C4H10O2.C3H4O2/c1-2-5(7)8-4-3-6;2*1-2-3-4(5)6;1-2-3(4)5/h2,6H,1,3-4H2;2*4-6H,2-3H2,1H3;2H,1H2,(H,4,5). The van der Waals surface area contributed by atoms with Crippen molar-refractivity contribution >= 4 is 11.9 Å². The molecule has 0 spiro atoms. The van der Waals surface area contributed by atoms with Crippen LogP contribution < -0.4 is 0 Å². The Morgan fingerprint density at radius 3 is 1.44 bits per heavy atom. The fourth-order valence-electron chi connectivity index (χ4n) is 0.722. The number of carboxylic acid groups (broad SMARTS) is 1.